The van der Waals surface area contributed by atoms with Crippen LogP contribution < -0.4 is 0 Å². The zero-order chi connectivity index (χ0) is 40.8. The lowest BCUT2D eigenvalue weighted by molar-refractivity contribution is 0.669. The number of hydrogen-bond acceptors (Lipinski definition) is 4. The van der Waals surface area contributed by atoms with Gasteiger partial charge in [-0.05, 0) is 78.9 Å². The van der Waals surface area contributed by atoms with Crippen LogP contribution in [-0.4, -0.2) is 15.0 Å². The minimum Gasteiger partial charge on any atom is -0.455 e. The van der Waals surface area contributed by atoms with E-state index in [1.807, 2.05) is 24.3 Å². The van der Waals surface area contributed by atoms with Crippen molar-refractivity contribution in [3.8, 4) is 78.7 Å². The first kappa shape index (κ1) is 34.6. The molecular weight excluding hydrogens is 755 g/mol. The Labute approximate surface area is 358 Å². The first-order valence-electron chi connectivity index (χ1n) is 21.1. The molecule has 13 rings (SSSR count). The molecule has 0 bridgehead atoms. The predicted molar refractivity (Wildman–Crippen MR) is 251 cm³/mol. The highest BCUT2D eigenvalue weighted by Crippen LogP contribution is 2.62. The summed E-state index contributed by atoms with van der Waals surface area (Å²) in [5, 5.41) is 2.08. The Balaban J connectivity index is 1.13. The number of aromatic nitrogens is 3. The molecule has 0 amide bonds. The zero-order valence-corrected chi connectivity index (χ0v) is 33.5. The van der Waals surface area contributed by atoms with E-state index in [9.17, 15) is 0 Å². The number of para-hydroxylation sites is 2. The number of nitrogens with zero attached hydrogens (tertiary/aromatic N) is 3. The van der Waals surface area contributed by atoms with Crippen molar-refractivity contribution in [3.63, 3.8) is 0 Å². The summed E-state index contributed by atoms with van der Waals surface area (Å²) in [5.41, 5.74) is 18.0. The monoisotopic (exact) mass is 789 g/mol. The van der Waals surface area contributed by atoms with Crippen molar-refractivity contribution in [1.82, 2.24) is 15.0 Å². The molecule has 4 heteroatoms. The number of benzene rings is 9. The summed E-state index contributed by atoms with van der Waals surface area (Å²) >= 11 is 0. The van der Waals surface area contributed by atoms with Gasteiger partial charge in [-0.15, -0.1) is 0 Å². The van der Waals surface area contributed by atoms with Crippen molar-refractivity contribution >= 4 is 21.9 Å². The summed E-state index contributed by atoms with van der Waals surface area (Å²) in [6.45, 7) is 0. The maximum atomic E-state index is 6.62. The number of rotatable bonds is 4. The summed E-state index contributed by atoms with van der Waals surface area (Å²) in [6.07, 6.45) is 0. The van der Waals surface area contributed by atoms with Gasteiger partial charge in [-0.3, -0.25) is 0 Å². The van der Waals surface area contributed by atoms with Gasteiger partial charge in [-0.25, -0.2) is 15.0 Å². The quantitative estimate of drug-likeness (QED) is 0.178. The van der Waals surface area contributed by atoms with Gasteiger partial charge in [-0.2, -0.15) is 0 Å². The maximum absolute atomic E-state index is 6.62. The first-order chi connectivity index (χ1) is 30.8. The van der Waals surface area contributed by atoms with Crippen LogP contribution in [0.4, 0.5) is 0 Å². The molecule has 2 aliphatic carbocycles. The Morgan fingerprint density at radius 3 is 1.42 bits per heavy atom. The van der Waals surface area contributed by atoms with E-state index in [1.54, 1.807) is 0 Å². The highest BCUT2D eigenvalue weighted by atomic mass is 16.3. The van der Waals surface area contributed by atoms with Crippen LogP contribution in [0.1, 0.15) is 22.3 Å². The van der Waals surface area contributed by atoms with E-state index >= 15 is 0 Å². The molecule has 11 aromatic rings. The molecule has 1 spiro atoms. The van der Waals surface area contributed by atoms with E-state index in [1.165, 1.54) is 50.1 Å². The van der Waals surface area contributed by atoms with Gasteiger partial charge < -0.3 is 4.42 Å². The van der Waals surface area contributed by atoms with Crippen molar-refractivity contribution in [2.24, 2.45) is 0 Å². The highest BCUT2D eigenvalue weighted by molar-refractivity contribution is 6.09. The third-order valence-corrected chi connectivity index (χ3v) is 13.0. The van der Waals surface area contributed by atoms with E-state index in [0.29, 0.717) is 17.5 Å². The third-order valence-electron chi connectivity index (χ3n) is 13.0. The lowest BCUT2D eigenvalue weighted by Crippen LogP contribution is -2.29. The molecular formula is C58H35N3O. The summed E-state index contributed by atoms with van der Waals surface area (Å²) in [4.78, 5) is 16.3. The Kier molecular flexibility index (Phi) is 7.49. The summed E-state index contributed by atoms with van der Waals surface area (Å²) in [6, 6.07) is 75.7. The number of furan rings is 1. The third kappa shape index (κ3) is 4.86. The molecule has 4 nitrogen and oxygen atoms in total. The van der Waals surface area contributed by atoms with Gasteiger partial charge in [0.2, 0.25) is 0 Å². The fourth-order valence-corrected chi connectivity index (χ4v) is 10.5. The van der Waals surface area contributed by atoms with E-state index < -0.39 is 5.41 Å². The van der Waals surface area contributed by atoms with Crippen LogP contribution in [0.15, 0.2) is 217 Å². The molecule has 0 aliphatic heterocycles. The second-order valence-electron chi connectivity index (χ2n) is 16.2. The van der Waals surface area contributed by atoms with Gasteiger partial charge in [-0.1, -0.05) is 200 Å². The van der Waals surface area contributed by atoms with Crippen LogP contribution in [-0.2, 0) is 5.41 Å². The maximum Gasteiger partial charge on any atom is 0.167 e. The Morgan fingerprint density at radius 1 is 0.290 bits per heavy atom. The number of fused-ring (bicyclic) bond motifs is 15. The largest absolute Gasteiger partial charge is 0.455 e. The second-order valence-corrected chi connectivity index (χ2v) is 16.2. The van der Waals surface area contributed by atoms with Gasteiger partial charge in [0.15, 0.2) is 17.5 Å². The highest BCUT2D eigenvalue weighted by Gasteiger charge is 2.50. The molecule has 2 aromatic heterocycles. The van der Waals surface area contributed by atoms with Crippen molar-refractivity contribution in [1.29, 1.82) is 0 Å². The molecule has 2 heterocycles. The van der Waals surface area contributed by atoms with Crippen LogP contribution in [0.3, 0.4) is 0 Å². The van der Waals surface area contributed by atoms with E-state index in [2.05, 4.69) is 188 Å². The normalized spacial score (nSPS) is 13.0. The molecule has 9 aromatic carbocycles. The van der Waals surface area contributed by atoms with Crippen LogP contribution in [0.2, 0.25) is 0 Å². The molecule has 2 aliphatic rings. The van der Waals surface area contributed by atoms with E-state index in [4.69, 9.17) is 19.4 Å². The predicted octanol–water partition coefficient (Wildman–Crippen LogP) is 14.4. The summed E-state index contributed by atoms with van der Waals surface area (Å²) in [5.74, 6) is 1.75. The standard InChI is InChI=1S/C58H35N3O/c1-2-18-36(19-3-1)37-20-4-7-26-44(37)55-59-56(61-57(60-55)47-30-16-28-43-42-25-11-15-35-52(42)62-54(43)47)46-29-17-34-51-53(46)45-27-10-14-33-50(45)58(51)48-31-12-8-23-40(48)38-21-5-6-22-39(38)41-24-9-13-32-49(41)58/h1-35H. The Hall–Kier alpha value is -8.21. The van der Waals surface area contributed by atoms with Gasteiger partial charge in [0, 0.05) is 21.9 Å². The molecule has 0 atom stereocenters. The van der Waals surface area contributed by atoms with Crippen molar-refractivity contribution in [3.05, 3.63) is 235 Å². The minimum absolute atomic E-state index is 0.553. The molecule has 0 saturated carbocycles. The molecule has 0 saturated heterocycles. The van der Waals surface area contributed by atoms with Gasteiger partial charge in [0.1, 0.15) is 11.2 Å². The second kappa shape index (κ2) is 13.4. The van der Waals surface area contributed by atoms with Gasteiger partial charge >= 0.3 is 0 Å². The fourth-order valence-electron chi connectivity index (χ4n) is 10.5. The SMILES string of the molecule is c1ccc(-c2ccccc2-c2nc(-c3cccc4c3-c3ccccc3C43c4ccccc4-c4ccccc4-c4ccccc43)nc(-c3cccc4c3oc3ccccc34)n2)cc1. The zero-order valence-electron chi connectivity index (χ0n) is 33.5. The van der Waals surface area contributed by atoms with Crippen LogP contribution >= 0.6 is 0 Å². The van der Waals surface area contributed by atoms with Crippen LogP contribution in [0.5, 0.6) is 0 Å². The van der Waals surface area contributed by atoms with Crippen LogP contribution in [0.25, 0.3) is 101 Å². The van der Waals surface area contributed by atoms with Crippen LogP contribution in [0, 0.1) is 0 Å². The van der Waals surface area contributed by atoms with E-state index in [0.717, 1.165) is 55.3 Å². The molecule has 0 unspecified atom stereocenters. The van der Waals surface area contributed by atoms with Crippen molar-refractivity contribution < 1.29 is 4.42 Å². The topological polar surface area (TPSA) is 51.8 Å². The van der Waals surface area contributed by atoms with Crippen molar-refractivity contribution in [2.75, 3.05) is 0 Å². The lowest BCUT2D eigenvalue weighted by Gasteiger charge is -2.35. The Bertz CT molecular complexity index is 3540. The average molecular weight is 790 g/mol. The number of hydrogen-bond donors (Lipinski definition) is 0. The van der Waals surface area contributed by atoms with Crippen molar-refractivity contribution in [2.45, 2.75) is 5.41 Å². The molecule has 288 valence electrons. The van der Waals surface area contributed by atoms with Gasteiger partial charge in [0.25, 0.3) is 0 Å². The fraction of sp³-hybridized carbons (Fsp3) is 0.0172. The Morgan fingerprint density at radius 2 is 0.726 bits per heavy atom. The minimum atomic E-state index is -0.632. The molecule has 0 radical (unpaired) electrons. The summed E-state index contributed by atoms with van der Waals surface area (Å²) in [7, 11) is 0. The lowest BCUT2D eigenvalue weighted by atomic mass is 9.66. The molecule has 62 heavy (non-hydrogen) atoms. The molecule has 0 N–H and O–H groups in total. The molecule has 0 fully saturated rings. The van der Waals surface area contributed by atoms with Gasteiger partial charge in [0.05, 0.1) is 11.0 Å². The average Bonchev–Trinajstić information content (AvgIpc) is 3.85. The smallest absolute Gasteiger partial charge is 0.167 e. The summed E-state index contributed by atoms with van der Waals surface area (Å²) < 4.78 is 6.62. The van der Waals surface area contributed by atoms with E-state index in [-0.39, 0.29) is 0 Å². The first-order valence-corrected chi connectivity index (χ1v) is 21.1.